The van der Waals surface area contributed by atoms with E-state index in [4.69, 9.17) is 9.47 Å². The number of carbonyl (C=O) groups is 5. The summed E-state index contributed by atoms with van der Waals surface area (Å²) in [6.45, 7) is 4.40. The van der Waals surface area contributed by atoms with E-state index in [9.17, 15) is 28.4 Å². The highest BCUT2D eigenvalue weighted by Gasteiger charge is 2.43. The fraction of sp³-hybridized carbons (Fsp3) is 0.490. The quantitative estimate of drug-likeness (QED) is 0.0645. The summed E-state index contributed by atoms with van der Waals surface area (Å²) in [6, 6.07) is 18.1. The maximum absolute atomic E-state index is 15.1. The number of likely N-dealkylation sites (tertiary alicyclic amines) is 1. The molecule has 4 aromatic rings. The standard InChI is InChI=1S/C51H64F2N8O7S.4H2S/c1-33(54-2)47(63)58-44(36-19-10-5-11-20-36)50(66)61-26-14-21-40(61)48(64)59-45(42(34-15-6-3-7-16-34)35-17-8-4-9-18-35)49(65)56-25-13-12-24-55-41(62)31-68-46-37(22-23-38(52)43(46)53)39-32-69-51(57-39)60-27-29-67-30-28-60;;;;/h3-4,6-9,15-18,22-23,32-33,36,40,42,44-45,54H,5,10-14,19-21,24-31H2,1-2H3,(H,55,62)(H,56,65)(H,58,63)(H,59,64);4*1H2/t33-,40?,44-,45-;;;;/m0..../s1. The molecule has 3 aliphatic rings. The number of nitrogens with one attached hydrogen (secondary N) is 5. The highest BCUT2D eigenvalue weighted by atomic mass is 32.1. The molecule has 15 nitrogen and oxygen atoms in total. The summed E-state index contributed by atoms with van der Waals surface area (Å²) < 4.78 is 40.5. The fourth-order valence-electron chi connectivity index (χ4n) is 9.34. The van der Waals surface area contributed by atoms with Gasteiger partial charge in [-0.05, 0) is 81.7 Å². The van der Waals surface area contributed by atoms with Crippen molar-refractivity contribution in [2.75, 3.05) is 64.5 Å². The normalized spacial score (nSPS) is 16.8. The molecular weight excluding hydrogens is 1030 g/mol. The van der Waals surface area contributed by atoms with Crippen LogP contribution in [0, 0.1) is 17.6 Å². The average Bonchev–Trinajstić information content (AvgIpc) is 4.09. The highest BCUT2D eigenvalue weighted by Crippen LogP contribution is 2.37. The van der Waals surface area contributed by atoms with Gasteiger partial charge >= 0.3 is 0 Å². The van der Waals surface area contributed by atoms with Gasteiger partial charge in [-0.2, -0.15) is 58.4 Å². The van der Waals surface area contributed by atoms with E-state index in [0.717, 1.165) is 54.4 Å². The Labute approximate surface area is 459 Å². The van der Waals surface area contributed by atoms with Gasteiger partial charge in [0.2, 0.25) is 29.4 Å². The molecule has 0 bridgehead atoms. The minimum atomic E-state index is -1.22. The number of nitrogens with zero attached hydrogens (tertiary/aromatic N) is 3. The largest absolute Gasteiger partial charge is 0.480 e. The molecule has 0 radical (unpaired) electrons. The van der Waals surface area contributed by atoms with Crippen molar-refractivity contribution in [2.45, 2.75) is 94.8 Å². The lowest BCUT2D eigenvalue weighted by Crippen LogP contribution is -2.59. The third-order valence-corrected chi connectivity index (χ3v) is 14.2. The van der Waals surface area contributed by atoms with Gasteiger partial charge in [-0.15, -0.1) is 11.3 Å². The number of aromatic nitrogens is 1. The van der Waals surface area contributed by atoms with Gasteiger partial charge in [0.15, 0.2) is 23.3 Å². The van der Waals surface area contributed by atoms with Crippen LogP contribution in [0.5, 0.6) is 5.75 Å². The van der Waals surface area contributed by atoms with E-state index in [1.807, 2.05) is 60.7 Å². The number of likely N-dealkylation sites (N-methyl/N-ethyl adjacent to an activating group) is 1. The van der Waals surface area contributed by atoms with Crippen molar-refractivity contribution in [2.24, 2.45) is 5.92 Å². The maximum Gasteiger partial charge on any atom is 0.257 e. The van der Waals surface area contributed by atoms with Crippen molar-refractivity contribution in [3.63, 3.8) is 0 Å². The molecule has 2 aliphatic heterocycles. The zero-order valence-corrected chi connectivity index (χ0v) is 46.2. The van der Waals surface area contributed by atoms with E-state index in [-0.39, 0.29) is 90.4 Å². The number of benzene rings is 3. The minimum Gasteiger partial charge on any atom is -0.480 e. The predicted molar refractivity (Wildman–Crippen MR) is 301 cm³/mol. The second-order valence-corrected chi connectivity index (χ2v) is 18.7. The van der Waals surface area contributed by atoms with Crippen LogP contribution in [0.15, 0.2) is 78.2 Å². The summed E-state index contributed by atoms with van der Waals surface area (Å²) in [7, 11) is 1.69. The molecular formula is C51H72F2N8O7S5. The van der Waals surface area contributed by atoms with E-state index in [1.54, 1.807) is 24.3 Å². The third kappa shape index (κ3) is 16.7. The molecule has 1 unspecified atom stereocenters. The van der Waals surface area contributed by atoms with Gasteiger partial charge in [-0.1, -0.05) is 79.9 Å². The van der Waals surface area contributed by atoms with Gasteiger partial charge in [-0.25, -0.2) is 9.37 Å². The Balaban J connectivity index is 0.00000352. The van der Waals surface area contributed by atoms with Crippen LogP contribution in [0.25, 0.3) is 11.3 Å². The van der Waals surface area contributed by atoms with Gasteiger partial charge in [0.1, 0.15) is 18.1 Å². The zero-order valence-electron chi connectivity index (χ0n) is 41.4. The number of rotatable bonds is 21. The maximum atomic E-state index is 15.1. The fourth-order valence-corrected chi connectivity index (χ4v) is 10.2. The molecule has 4 atom stereocenters. The molecule has 7 rings (SSSR count). The first-order valence-electron chi connectivity index (χ1n) is 24.2. The summed E-state index contributed by atoms with van der Waals surface area (Å²) in [5.74, 6) is -5.35. The molecule has 5 N–H and O–H groups in total. The van der Waals surface area contributed by atoms with Crippen LogP contribution in [0.3, 0.4) is 0 Å². The van der Waals surface area contributed by atoms with Crippen molar-refractivity contribution in [3.8, 4) is 17.0 Å². The Morgan fingerprint density at radius 2 is 1.41 bits per heavy atom. The van der Waals surface area contributed by atoms with Crippen LogP contribution < -0.4 is 36.2 Å². The molecule has 3 aromatic carbocycles. The van der Waals surface area contributed by atoms with Crippen molar-refractivity contribution in [3.05, 3.63) is 101 Å². The molecule has 402 valence electrons. The summed E-state index contributed by atoms with van der Waals surface area (Å²) in [5.41, 5.74) is 2.24. The Morgan fingerprint density at radius 1 is 0.781 bits per heavy atom. The molecule has 1 saturated carbocycles. The summed E-state index contributed by atoms with van der Waals surface area (Å²) >= 11 is 1.37. The number of anilines is 1. The molecule has 5 amide bonds. The Hall–Kier alpha value is -4.58. The minimum absolute atomic E-state index is 0. The first-order chi connectivity index (χ1) is 33.5. The van der Waals surface area contributed by atoms with E-state index in [2.05, 4.69) is 36.5 Å². The summed E-state index contributed by atoms with van der Waals surface area (Å²) in [6.07, 6.45) is 6.51. The van der Waals surface area contributed by atoms with Crippen LogP contribution in [0.1, 0.15) is 81.8 Å². The second-order valence-electron chi connectivity index (χ2n) is 17.9. The Bertz CT molecular complexity index is 2330. The van der Waals surface area contributed by atoms with Crippen molar-refractivity contribution in [1.29, 1.82) is 0 Å². The number of hydrogen-bond acceptors (Lipinski definition) is 11. The topological polar surface area (TPSA) is 183 Å². The van der Waals surface area contributed by atoms with E-state index in [1.165, 1.54) is 17.4 Å². The molecule has 3 fully saturated rings. The summed E-state index contributed by atoms with van der Waals surface area (Å²) in [4.78, 5) is 77.8. The highest BCUT2D eigenvalue weighted by molar-refractivity contribution is 7.59. The van der Waals surface area contributed by atoms with Gasteiger partial charge < -0.3 is 45.9 Å². The van der Waals surface area contributed by atoms with Crippen molar-refractivity contribution < 1.29 is 42.2 Å². The van der Waals surface area contributed by atoms with Crippen LogP contribution in [-0.2, 0) is 28.7 Å². The lowest BCUT2D eigenvalue weighted by atomic mass is 9.83. The van der Waals surface area contributed by atoms with Gasteiger partial charge in [0.05, 0.1) is 24.9 Å². The number of unbranched alkanes of at least 4 members (excludes halogenated alkanes) is 1. The second kappa shape index (κ2) is 31.3. The number of carbonyl (C=O) groups excluding carboxylic acids is 5. The number of amides is 5. The lowest BCUT2D eigenvalue weighted by Gasteiger charge is -2.36. The van der Waals surface area contributed by atoms with Crippen LogP contribution in [0.4, 0.5) is 13.9 Å². The first-order valence-corrected chi connectivity index (χ1v) is 25.0. The van der Waals surface area contributed by atoms with Crippen LogP contribution in [-0.4, -0.2) is 123 Å². The van der Waals surface area contributed by atoms with E-state index < -0.39 is 71.8 Å². The third-order valence-electron chi connectivity index (χ3n) is 13.3. The van der Waals surface area contributed by atoms with Gasteiger partial charge in [-0.3, -0.25) is 24.0 Å². The average molecular weight is 1110 g/mol. The zero-order chi connectivity index (χ0) is 48.7. The summed E-state index contributed by atoms with van der Waals surface area (Å²) in [5, 5.41) is 17.3. The lowest BCUT2D eigenvalue weighted by molar-refractivity contribution is -0.143. The molecule has 73 heavy (non-hydrogen) atoms. The van der Waals surface area contributed by atoms with Gasteiger partial charge in [0.25, 0.3) is 5.91 Å². The number of morpholine rings is 1. The number of hydrogen-bond donors (Lipinski definition) is 5. The molecule has 2 saturated heterocycles. The first kappa shape index (κ1) is 62.7. The number of thiazole rings is 1. The smallest absolute Gasteiger partial charge is 0.257 e. The Kier molecular flexibility index (Phi) is 26.9. The molecule has 1 aliphatic carbocycles. The molecule has 3 heterocycles. The van der Waals surface area contributed by atoms with Crippen molar-refractivity contribution in [1.82, 2.24) is 36.5 Å². The van der Waals surface area contributed by atoms with Crippen molar-refractivity contribution >= 4 is 100.0 Å². The van der Waals surface area contributed by atoms with Crippen LogP contribution >= 0.6 is 65.3 Å². The SMILES string of the molecule is CN[C@@H](C)C(=O)N[C@H](C(=O)N1CCCC1C(=O)N[C@H](C(=O)NCCCCNC(=O)COc1c(-c2csc(N3CCOCC3)n2)ccc(F)c1F)C(c1ccccc1)c1ccccc1)C1CCCCC1.S.S.S.S. The molecule has 0 spiro atoms. The van der Waals surface area contributed by atoms with Crippen LogP contribution in [0.2, 0.25) is 0 Å². The van der Waals surface area contributed by atoms with E-state index >= 15 is 4.39 Å². The Morgan fingerprint density at radius 3 is 2.04 bits per heavy atom. The number of halogens is 2. The predicted octanol–water partition coefficient (Wildman–Crippen LogP) is 5.75. The monoisotopic (exact) mass is 1110 g/mol. The molecule has 22 heteroatoms. The van der Waals surface area contributed by atoms with E-state index in [0.29, 0.717) is 64.2 Å². The van der Waals surface area contributed by atoms with Gasteiger partial charge in [0, 0.05) is 49.6 Å². The number of ether oxygens (including phenoxy) is 2. The molecule has 1 aromatic heterocycles.